The molecule has 1 heterocycles. The molecule has 1 fully saturated rings. The minimum absolute atomic E-state index is 0.0105. The molecule has 1 aliphatic heterocycles. The predicted molar refractivity (Wildman–Crippen MR) is 60.2 cm³/mol. The quantitative estimate of drug-likeness (QED) is 0.807. The van der Waals surface area contributed by atoms with Gasteiger partial charge >= 0.3 is 6.09 Å². The smallest absolute Gasteiger partial charge is 0.419 e. The molecule has 0 aliphatic carbocycles. The second-order valence-corrected chi connectivity index (χ2v) is 3.36. The number of amides is 2. The van der Waals surface area contributed by atoms with E-state index in [1.165, 1.54) is 6.08 Å². The lowest BCUT2D eigenvalue weighted by Crippen LogP contribution is -2.18. The van der Waals surface area contributed by atoms with Crippen molar-refractivity contribution >= 4 is 18.1 Å². The van der Waals surface area contributed by atoms with E-state index >= 15 is 0 Å². The number of cyclic esters (lactones) is 1. The molecule has 1 aromatic carbocycles. The molecule has 1 N–H and O–H groups in total. The zero-order chi connectivity index (χ0) is 12.3. The summed E-state index contributed by atoms with van der Waals surface area (Å²) in [7, 11) is 0. The van der Waals surface area contributed by atoms with Gasteiger partial charge in [0.15, 0.2) is 5.76 Å². The van der Waals surface area contributed by atoms with Gasteiger partial charge in [0.05, 0.1) is 6.61 Å². The summed E-state index contributed by atoms with van der Waals surface area (Å²) in [6.07, 6.45) is 0.741. The van der Waals surface area contributed by atoms with Gasteiger partial charge in [0.2, 0.25) is 0 Å². The van der Waals surface area contributed by atoms with Gasteiger partial charge in [-0.1, -0.05) is 12.1 Å². The van der Waals surface area contributed by atoms with Crippen LogP contribution in [0.1, 0.15) is 12.5 Å². The first-order chi connectivity index (χ1) is 8.19. The average molecular weight is 233 g/mol. The number of imide groups is 1. The summed E-state index contributed by atoms with van der Waals surface area (Å²) in [5, 5.41) is 2.03. The highest BCUT2D eigenvalue weighted by molar-refractivity contribution is 6.09. The third-order valence-corrected chi connectivity index (χ3v) is 2.11. The molecule has 17 heavy (non-hydrogen) atoms. The van der Waals surface area contributed by atoms with E-state index in [0.717, 1.165) is 5.56 Å². The summed E-state index contributed by atoms with van der Waals surface area (Å²) in [4.78, 5) is 22.0. The van der Waals surface area contributed by atoms with Crippen molar-refractivity contribution in [3.8, 4) is 5.75 Å². The van der Waals surface area contributed by atoms with E-state index in [1.807, 2.05) is 18.3 Å². The maximum atomic E-state index is 11.2. The number of ether oxygens (including phenoxy) is 2. The Labute approximate surface area is 98.0 Å². The minimum Gasteiger partial charge on any atom is -0.494 e. The van der Waals surface area contributed by atoms with Crippen LogP contribution >= 0.6 is 0 Å². The third-order valence-electron chi connectivity index (χ3n) is 2.11. The van der Waals surface area contributed by atoms with Crippen LogP contribution < -0.4 is 10.1 Å². The normalized spacial score (nSPS) is 16.9. The maximum absolute atomic E-state index is 11.2. The summed E-state index contributed by atoms with van der Waals surface area (Å²) < 4.78 is 10.0. The van der Waals surface area contributed by atoms with E-state index in [9.17, 15) is 9.59 Å². The Morgan fingerprint density at radius 1 is 1.41 bits per heavy atom. The Morgan fingerprint density at radius 3 is 2.88 bits per heavy atom. The van der Waals surface area contributed by atoms with Crippen molar-refractivity contribution in [3.05, 3.63) is 35.6 Å². The van der Waals surface area contributed by atoms with Crippen LogP contribution in [0.4, 0.5) is 4.79 Å². The van der Waals surface area contributed by atoms with E-state index in [2.05, 4.69) is 0 Å². The number of alkyl carbamates (subject to hydrolysis) is 1. The largest absolute Gasteiger partial charge is 0.494 e. The summed E-state index contributed by atoms with van der Waals surface area (Å²) in [6, 6.07) is 7.16. The molecule has 0 atom stereocenters. The lowest BCUT2D eigenvalue weighted by molar-refractivity contribution is -0.116. The highest BCUT2D eigenvalue weighted by Crippen LogP contribution is 2.17. The first-order valence-corrected chi connectivity index (χ1v) is 5.17. The Kier molecular flexibility index (Phi) is 3.09. The predicted octanol–water partition coefficient (Wildman–Crippen LogP) is 1.69. The Morgan fingerprint density at radius 2 is 2.24 bits per heavy atom. The highest BCUT2D eigenvalue weighted by Gasteiger charge is 2.25. The summed E-state index contributed by atoms with van der Waals surface area (Å²) >= 11 is 0. The van der Waals surface area contributed by atoms with Crippen molar-refractivity contribution in [3.63, 3.8) is 0 Å². The van der Waals surface area contributed by atoms with Crippen LogP contribution in [0, 0.1) is 0 Å². The highest BCUT2D eigenvalue weighted by atomic mass is 16.6. The molecule has 0 unspecified atom stereocenters. The number of carbonyl (C=O) groups excluding carboxylic acids is 2. The number of benzene rings is 1. The fourth-order valence-corrected chi connectivity index (χ4v) is 1.43. The topological polar surface area (TPSA) is 64.6 Å². The molecule has 1 aliphatic rings. The molecule has 0 spiro atoms. The second-order valence-electron chi connectivity index (χ2n) is 3.36. The van der Waals surface area contributed by atoms with Gasteiger partial charge in [0.25, 0.3) is 5.91 Å². The van der Waals surface area contributed by atoms with E-state index in [1.54, 1.807) is 18.2 Å². The van der Waals surface area contributed by atoms with Crippen molar-refractivity contribution in [1.82, 2.24) is 5.32 Å². The van der Waals surface area contributed by atoms with Gasteiger partial charge in [-0.15, -0.1) is 0 Å². The van der Waals surface area contributed by atoms with Crippen molar-refractivity contribution in [1.29, 1.82) is 0 Å². The number of carbonyl (C=O) groups is 2. The number of hydrogen-bond acceptors (Lipinski definition) is 4. The van der Waals surface area contributed by atoms with Crippen LogP contribution in [0.5, 0.6) is 5.75 Å². The Bertz CT molecular complexity index is 493. The van der Waals surface area contributed by atoms with E-state index in [0.29, 0.717) is 12.4 Å². The van der Waals surface area contributed by atoms with E-state index in [-0.39, 0.29) is 5.76 Å². The van der Waals surface area contributed by atoms with Crippen molar-refractivity contribution in [2.24, 2.45) is 0 Å². The molecule has 0 saturated carbocycles. The van der Waals surface area contributed by atoms with Crippen molar-refractivity contribution < 1.29 is 19.1 Å². The Balaban J connectivity index is 2.23. The van der Waals surface area contributed by atoms with Crippen LogP contribution in [-0.2, 0) is 9.53 Å². The molecule has 2 amide bonds. The van der Waals surface area contributed by atoms with Gasteiger partial charge in [0.1, 0.15) is 5.75 Å². The van der Waals surface area contributed by atoms with Crippen molar-refractivity contribution in [2.75, 3.05) is 6.61 Å². The lowest BCUT2D eigenvalue weighted by Gasteiger charge is -2.03. The summed E-state index contributed by atoms with van der Waals surface area (Å²) in [5.41, 5.74) is 0.732. The first-order valence-electron chi connectivity index (χ1n) is 5.17. The third kappa shape index (κ3) is 2.63. The van der Waals surface area contributed by atoms with Gasteiger partial charge in [-0.05, 0) is 30.7 Å². The lowest BCUT2D eigenvalue weighted by atomic mass is 10.2. The average Bonchev–Trinajstić information content (AvgIpc) is 2.58. The molecule has 5 nitrogen and oxygen atoms in total. The van der Waals surface area contributed by atoms with Crippen LogP contribution in [0.25, 0.3) is 6.08 Å². The molecule has 2 rings (SSSR count). The van der Waals surface area contributed by atoms with Gasteiger partial charge in [-0.25, -0.2) is 4.79 Å². The molecular weight excluding hydrogens is 222 g/mol. The van der Waals surface area contributed by atoms with Gasteiger partial charge in [0, 0.05) is 0 Å². The zero-order valence-electron chi connectivity index (χ0n) is 9.23. The van der Waals surface area contributed by atoms with E-state index in [4.69, 9.17) is 9.47 Å². The fraction of sp³-hybridized carbons (Fsp3) is 0.167. The molecule has 0 aromatic heterocycles. The summed E-state index contributed by atoms with van der Waals surface area (Å²) in [5.74, 6) is 0.159. The van der Waals surface area contributed by atoms with Gasteiger partial charge < -0.3 is 9.47 Å². The molecule has 1 aromatic rings. The van der Waals surface area contributed by atoms with Gasteiger partial charge in [-0.3, -0.25) is 10.1 Å². The maximum Gasteiger partial charge on any atom is 0.419 e. The second kappa shape index (κ2) is 4.69. The number of rotatable bonds is 3. The van der Waals surface area contributed by atoms with Crippen LogP contribution in [0.2, 0.25) is 0 Å². The molecule has 5 heteroatoms. The SMILES string of the molecule is CCOc1cccc(C=C2OC(=O)NC2=O)c1. The molecule has 88 valence electrons. The first kappa shape index (κ1) is 11.2. The zero-order valence-corrected chi connectivity index (χ0v) is 9.23. The van der Waals surface area contributed by atoms with E-state index < -0.39 is 12.0 Å². The monoisotopic (exact) mass is 233 g/mol. The number of nitrogens with one attached hydrogen (secondary N) is 1. The fourth-order valence-electron chi connectivity index (χ4n) is 1.43. The summed E-state index contributed by atoms with van der Waals surface area (Å²) in [6.45, 7) is 2.45. The molecular formula is C12H11NO4. The minimum atomic E-state index is -0.748. The Hall–Kier alpha value is -2.30. The molecule has 1 saturated heterocycles. The van der Waals surface area contributed by atoms with Crippen LogP contribution in [-0.4, -0.2) is 18.6 Å². The van der Waals surface area contributed by atoms with Crippen LogP contribution in [0.3, 0.4) is 0 Å². The number of hydrogen-bond donors (Lipinski definition) is 1. The van der Waals surface area contributed by atoms with Gasteiger partial charge in [-0.2, -0.15) is 0 Å². The standard InChI is InChI=1S/C12H11NO4/c1-2-16-9-5-3-4-8(6-9)7-10-11(14)13-12(15)17-10/h3-7H,2H2,1H3,(H,13,14,15). The van der Waals surface area contributed by atoms with Crippen molar-refractivity contribution in [2.45, 2.75) is 6.92 Å². The van der Waals surface area contributed by atoms with Crippen LogP contribution in [0.15, 0.2) is 30.0 Å². The molecule has 0 radical (unpaired) electrons. The molecule has 0 bridgehead atoms.